The predicted molar refractivity (Wildman–Crippen MR) is 50.3 cm³/mol. The van der Waals surface area contributed by atoms with Crippen molar-refractivity contribution in [2.45, 2.75) is 13.3 Å². The summed E-state index contributed by atoms with van der Waals surface area (Å²) in [5.74, 6) is -0.829. The molecule has 0 amide bonds. The molecule has 0 aromatic carbocycles. The minimum atomic E-state index is -0.829. The number of carboxylic acids is 1. The van der Waals surface area contributed by atoms with Gasteiger partial charge in [0.25, 0.3) is 0 Å². The first kappa shape index (κ1) is 9.45. The topological polar surface area (TPSA) is 50.2 Å². The number of pyridine rings is 1. The van der Waals surface area contributed by atoms with Crippen LogP contribution in [0.4, 0.5) is 0 Å². The van der Waals surface area contributed by atoms with E-state index in [2.05, 4.69) is 4.98 Å². The summed E-state index contributed by atoms with van der Waals surface area (Å²) < 4.78 is 0. The molecule has 1 rings (SSSR count). The van der Waals surface area contributed by atoms with Crippen LogP contribution < -0.4 is 0 Å². The van der Waals surface area contributed by atoms with Gasteiger partial charge in [-0.3, -0.25) is 9.78 Å². The molecule has 3 nitrogen and oxygen atoms in total. The fourth-order valence-corrected chi connectivity index (χ4v) is 0.944. The number of hydrogen-bond donors (Lipinski definition) is 1. The first-order chi connectivity index (χ1) is 6.20. The number of aliphatic carboxylic acids is 1. The fourth-order valence-electron chi connectivity index (χ4n) is 0.944. The van der Waals surface area contributed by atoms with Crippen LogP contribution in [0.5, 0.6) is 0 Å². The van der Waals surface area contributed by atoms with Gasteiger partial charge in [-0.1, -0.05) is 12.1 Å². The van der Waals surface area contributed by atoms with Crippen LogP contribution in [-0.2, 0) is 4.79 Å². The Morgan fingerprint density at radius 1 is 1.69 bits per heavy atom. The number of nitrogens with zero attached hydrogens (tertiary/aromatic N) is 1. The average molecular weight is 177 g/mol. The number of carboxylic acid groups (broad SMARTS) is 1. The molecule has 0 unspecified atom stereocenters. The summed E-state index contributed by atoms with van der Waals surface area (Å²) in [6, 6.07) is 3.79. The van der Waals surface area contributed by atoms with Crippen LogP contribution in [0.25, 0.3) is 6.08 Å². The third kappa shape index (κ3) is 3.07. The van der Waals surface area contributed by atoms with Crippen LogP contribution in [0, 0.1) is 6.92 Å². The van der Waals surface area contributed by atoms with Crippen LogP contribution in [0.1, 0.15) is 17.7 Å². The SMILES string of the molecule is Cc1cccnc1C=CCC(=O)O. The highest BCUT2D eigenvalue weighted by molar-refractivity contribution is 5.70. The number of aryl methyl sites for hydroxylation is 1. The van der Waals surface area contributed by atoms with Crippen LogP contribution >= 0.6 is 0 Å². The van der Waals surface area contributed by atoms with Crippen LogP contribution in [-0.4, -0.2) is 16.1 Å². The Hall–Kier alpha value is -1.64. The summed E-state index contributed by atoms with van der Waals surface area (Å²) in [6.45, 7) is 1.94. The maximum absolute atomic E-state index is 10.2. The summed E-state index contributed by atoms with van der Waals surface area (Å²) >= 11 is 0. The maximum atomic E-state index is 10.2. The van der Waals surface area contributed by atoms with Crippen molar-refractivity contribution in [1.29, 1.82) is 0 Å². The van der Waals surface area contributed by atoms with Crippen molar-refractivity contribution in [1.82, 2.24) is 4.98 Å². The second kappa shape index (κ2) is 4.40. The molecule has 1 N–H and O–H groups in total. The molecule has 1 aromatic rings. The average Bonchev–Trinajstić information content (AvgIpc) is 2.08. The van der Waals surface area contributed by atoms with E-state index < -0.39 is 5.97 Å². The van der Waals surface area contributed by atoms with Crippen molar-refractivity contribution in [3.63, 3.8) is 0 Å². The van der Waals surface area contributed by atoms with E-state index in [1.807, 2.05) is 19.1 Å². The molecule has 0 aliphatic heterocycles. The predicted octanol–water partition coefficient (Wildman–Crippen LogP) is 1.88. The quantitative estimate of drug-likeness (QED) is 0.766. The Morgan fingerprint density at radius 3 is 3.08 bits per heavy atom. The van der Waals surface area contributed by atoms with Gasteiger partial charge in [-0.25, -0.2) is 0 Å². The van der Waals surface area contributed by atoms with E-state index >= 15 is 0 Å². The van der Waals surface area contributed by atoms with Crippen LogP contribution in [0.2, 0.25) is 0 Å². The van der Waals surface area contributed by atoms with Crippen molar-refractivity contribution in [3.8, 4) is 0 Å². The van der Waals surface area contributed by atoms with E-state index in [1.165, 1.54) is 0 Å². The fraction of sp³-hybridized carbons (Fsp3) is 0.200. The molecule has 1 aromatic heterocycles. The number of hydrogen-bond acceptors (Lipinski definition) is 2. The van der Waals surface area contributed by atoms with E-state index in [0.717, 1.165) is 11.3 Å². The van der Waals surface area contributed by atoms with Gasteiger partial charge in [-0.2, -0.15) is 0 Å². The van der Waals surface area contributed by atoms with E-state index in [0.29, 0.717) is 0 Å². The largest absolute Gasteiger partial charge is 0.481 e. The molecule has 0 aliphatic carbocycles. The smallest absolute Gasteiger partial charge is 0.307 e. The molecule has 0 atom stereocenters. The van der Waals surface area contributed by atoms with Gasteiger partial charge < -0.3 is 5.11 Å². The molecule has 0 bridgehead atoms. The lowest BCUT2D eigenvalue weighted by Crippen LogP contribution is -1.90. The summed E-state index contributed by atoms with van der Waals surface area (Å²) in [7, 11) is 0. The van der Waals surface area contributed by atoms with Gasteiger partial charge in [-0.15, -0.1) is 0 Å². The first-order valence-electron chi connectivity index (χ1n) is 4.00. The van der Waals surface area contributed by atoms with E-state index in [-0.39, 0.29) is 6.42 Å². The lowest BCUT2D eigenvalue weighted by atomic mass is 10.2. The summed E-state index contributed by atoms with van der Waals surface area (Å²) in [5.41, 5.74) is 1.87. The minimum absolute atomic E-state index is 0.0377. The molecule has 0 aliphatic rings. The van der Waals surface area contributed by atoms with Gasteiger partial charge >= 0.3 is 5.97 Å². The van der Waals surface area contributed by atoms with Gasteiger partial charge in [0.2, 0.25) is 0 Å². The monoisotopic (exact) mass is 177 g/mol. The highest BCUT2D eigenvalue weighted by atomic mass is 16.4. The Kier molecular flexibility index (Phi) is 3.20. The standard InChI is InChI=1S/C10H11NO2/c1-8-4-3-7-11-9(8)5-2-6-10(12)13/h2-5,7H,6H2,1H3,(H,12,13). The second-order valence-electron chi connectivity index (χ2n) is 2.71. The van der Waals surface area contributed by atoms with Crippen molar-refractivity contribution < 1.29 is 9.90 Å². The Labute approximate surface area is 76.7 Å². The normalized spacial score (nSPS) is 10.5. The Balaban J connectivity index is 2.68. The van der Waals surface area contributed by atoms with Crippen molar-refractivity contribution >= 4 is 12.0 Å². The Bertz CT molecular complexity index is 331. The number of rotatable bonds is 3. The molecule has 0 spiro atoms. The van der Waals surface area contributed by atoms with Crippen LogP contribution in [0.3, 0.4) is 0 Å². The molecule has 0 saturated carbocycles. The number of carbonyl (C=O) groups is 1. The van der Waals surface area contributed by atoms with Crippen molar-refractivity contribution in [2.75, 3.05) is 0 Å². The zero-order chi connectivity index (χ0) is 9.68. The van der Waals surface area contributed by atoms with Gasteiger partial charge in [0.1, 0.15) is 0 Å². The lowest BCUT2D eigenvalue weighted by Gasteiger charge is -1.96. The minimum Gasteiger partial charge on any atom is -0.481 e. The second-order valence-corrected chi connectivity index (χ2v) is 2.71. The van der Waals surface area contributed by atoms with Gasteiger partial charge in [-0.05, 0) is 24.6 Å². The van der Waals surface area contributed by atoms with Gasteiger partial charge in [0.15, 0.2) is 0 Å². The van der Waals surface area contributed by atoms with Gasteiger partial charge in [0.05, 0.1) is 12.1 Å². The number of aromatic nitrogens is 1. The lowest BCUT2D eigenvalue weighted by molar-refractivity contribution is -0.135. The molecule has 0 saturated heterocycles. The van der Waals surface area contributed by atoms with Crippen LogP contribution in [0.15, 0.2) is 24.4 Å². The first-order valence-corrected chi connectivity index (χ1v) is 4.00. The molecule has 0 fully saturated rings. The summed E-state index contributed by atoms with van der Waals surface area (Å²) in [6.07, 6.45) is 5.05. The van der Waals surface area contributed by atoms with Crippen molar-refractivity contribution in [3.05, 3.63) is 35.7 Å². The molecule has 13 heavy (non-hydrogen) atoms. The molecule has 3 heteroatoms. The van der Waals surface area contributed by atoms with Gasteiger partial charge in [0, 0.05) is 6.20 Å². The van der Waals surface area contributed by atoms with E-state index in [9.17, 15) is 4.79 Å². The van der Waals surface area contributed by atoms with E-state index in [4.69, 9.17) is 5.11 Å². The Morgan fingerprint density at radius 2 is 2.46 bits per heavy atom. The summed E-state index contributed by atoms with van der Waals surface area (Å²) in [5, 5.41) is 8.39. The molecule has 1 heterocycles. The molecule has 68 valence electrons. The third-order valence-electron chi connectivity index (χ3n) is 1.62. The third-order valence-corrected chi connectivity index (χ3v) is 1.62. The summed E-state index contributed by atoms with van der Waals surface area (Å²) in [4.78, 5) is 14.3. The maximum Gasteiger partial charge on any atom is 0.307 e. The van der Waals surface area contributed by atoms with E-state index in [1.54, 1.807) is 18.3 Å². The van der Waals surface area contributed by atoms with Crippen molar-refractivity contribution in [2.24, 2.45) is 0 Å². The highest BCUT2D eigenvalue weighted by Crippen LogP contribution is 2.05. The highest BCUT2D eigenvalue weighted by Gasteiger charge is 1.93. The zero-order valence-corrected chi connectivity index (χ0v) is 7.40. The zero-order valence-electron chi connectivity index (χ0n) is 7.40. The molecule has 0 radical (unpaired) electrons. The molecular formula is C10H11NO2. The molecular weight excluding hydrogens is 166 g/mol.